The molecule has 2 saturated heterocycles. The topological polar surface area (TPSA) is 316 Å². The first kappa shape index (κ1) is 44.3. The summed E-state index contributed by atoms with van der Waals surface area (Å²) in [5.41, 5.74) is 9.86. The van der Waals surface area contributed by atoms with E-state index in [2.05, 4.69) is 20.7 Å². The van der Waals surface area contributed by atoms with Gasteiger partial charge in [0, 0.05) is 36.6 Å². The second-order valence-electron chi connectivity index (χ2n) is 10.7. The number of primary amides is 1. The van der Waals surface area contributed by atoms with Crippen molar-refractivity contribution in [2.75, 3.05) is 43.9 Å². The standard InChI is InChI=1S/C28H32N8O13S.2Na/c1-2-34-7-8-35(22(40)21(34)39)27(46)33-16(12-3-5-14(6-4-12)31-28(47)49-10-15(29)24(41)42)19(37)32-17-20(38)36-18(25(43)44)13(9-48-26(30)45)11-50-23(17)36;;/h3-6,15-17,23H,2,7-11,29H2,1H3,(H2,30,45)(H,31,47)(H,32,37)(H,33,46)(H,41,42)(H,43,44);;/q;2*+1/p-2/t15-,16+,17-,23+;;/m1../s1. The van der Waals surface area contributed by atoms with Crippen LogP contribution in [-0.2, 0) is 38.2 Å². The Morgan fingerprint density at radius 1 is 1.00 bits per heavy atom. The summed E-state index contributed by atoms with van der Waals surface area (Å²) in [5.74, 6) is -7.29. The number of fused-ring (bicyclic) bond motifs is 1. The number of amides is 8. The number of rotatable bonds is 12. The summed E-state index contributed by atoms with van der Waals surface area (Å²) in [6.45, 7) is 0.534. The van der Waals surface area contributed by atoms with Gasteiger partial charge in [-0.3, -0.25) is 34.3 Å². The molecule has 0 unspecified atom stereocenters. The van der Waals surface area contributed by atoms with Crippen LogP contribution in [-0.4, -0.2) is 125 Å². The third-order valence-electron chi connectivity index (χ3n) is 7.58. The van der Waals surface area contributed by atoms with Crippen LogP contribution in [0.3, 0.4) is 0 Å². The van der Waals surface area contributed by atoms with Gasteiger partial charge < -0.3 is 56.3 Å². The summed E-state index contributed by atoms with van der Waals surface area (Å²) in [5, 5.41) is 28.9. The average molecular weight is 765 g/mol. The third-order valence-corrected chi connectivity index (χ3v) is 8.92. The summed E-state index contributed by atoms with van der Waals surface area (Å²) < 4.78 is 9.38. The van der Waals surface area contributed by atoms with Crippen molar-refractivity contribution in [1.29, 1.82) is 0 Å². The number of carbonyl (C=O) groups is 9. The van der Waals surface area contributed by atoms with E-state index in [1.165, 1.54) is 29.2 Å². The van der Waals surface area contributed by atoms with Crippen LogP contribution in [0.15, 0.2) is 35.5 Å². The molecule has 0 aromatic heterocycles. The van der Waals surface area contributed by atoms with Crippen LogP contribution >= 0.6 is 11.8 Å². The van der Waals surface area contributed by atoms with Crippen LogP contribution in [0.2, 0.25) is 0 Å². The number of thioether (sulfide) groups is 1. The smallest absolute Gasteiger partial charge is 0.548 e. The van der Waals surface area contributed by atoms with Gasteiger partial charge in [0.1, 0.15) is 30.7 Å². The number of nitrogens with one attached hydrogen (secondary N) is 3. The van der Waals surface area contributed by atoms with Crippen molar-refractivity contribution in [1.82, 2.24) is 25.3 Å². The number of hydrogen-bond donors (Lipinski definition) is 5. The predicted octanol–water partition coefficient (Wildman–Crippen LogP) is -10.7. The minimum absolute atomic E-state index is 0. The number of carboxylic acids is 2. The molecule has 1 aromatic rings. The van der Waals surface area contributed by atoms with Crippen LogP contribution in [0.1, 0.15) is 18.5 Å². The number of carboxylic acid groups (broad SMARTS) is 2. The number of carbonyl (C=O) groups excluding carboxylic acids is 9. The minimum Gasteiger partial charge on any atom is -0.548 e. The molecule has 3 heterocycles. The van der Waals surface area contributed by atoms with E-state index in [1.54, 1.807) is 6.92 Å². The summed E-state index contributed by atoms with van der Waals surface area (Å²) in [6.07, 6.45) is -2.24. The molecule has 0 radical (unpaired) electrons. The van der Waals surface area contributed by atoms with Gasteiger partial charge in [-0.15, -0.1) is 11.8 Å². The van der Waals surface area contributed by atoms with E-state index in [4.69, 9.17) is 16.2 Å². The fraction of sp³-hybridized carbons (Fsp3) is 0.393. The molecule has 268 valence electrons. The van der Waals surface area contributed by atoms with Gasteiger partial charge in [-0.05, 0) is 24.6 Å². The number of ether oxygens (including phenoxy) is 2. The zero-order valence-corrected chi connectivity index (χ0v) is 32.9. The largest absolute Gasteiger partial charge is 1.00 e. The van der Waals surface area contributed by atoms with Crippen LogP contribution < -0.4 is 96.7 Å². The molecule has 0 bridgehead atoms. The van der Waals surface area contributed by atoms with E-state index in [9.17, 15) is 53.4 Å². The van der Waals surface area contributed by atoms with E-state index in [0.29, 0.717) is 4.90 Å². The van der Waals surface area contributed by atoms with Gasteiger partial charge in [-0.1, -0.05) is 12.1 Å². The van der Waals surface area contributed by atoms with Crippen molar-refractivity contribution >= 4 is 71.2 Å². The number of nitrogens with two attached hydrogens (primary N) is 2. The molecule has 0 saturated carbocycles. The van der Waals surface area contributed by atoms with Gasteiger partial charge in [-0.25, -0.2) is 14.4 Å². The fourth-order valence-electron chi connectivity index (χ4n) is 5.00. The van der Waals surface area contributed by atoms with Crippen LogP contribution in [0, 0.1) is 0 Å². The molecular formula is C28H30N8Na2O13S. The maximum atomic E-state index is 13.7. The maximum absolute atomic E-state index is 13.7. The zero-order valence-electron chi connectivity index (χ0n) is 28.1. The second kappa shape index (κ2) is 19.3. The van der Waals surface area contributed by atoms with Crippen LogP contribution in [0.25, 0.3) is 0 Å². The zero-order chi connectivity index (χ0) is 36.9. The second-order valence-corrected chi connectivity index (χ2v) is 11.8. The number of anilines is 1. The Morgan fingerprint density at radius 2 is 1.65 bits per heavy atom. The first-order chi connectivity index (χ1) is 23.6. The Kier molecular flexibility index (Phi) is 16.4. The molecule has 2 fully saturated rings. The number of nitrogens with zero attached hydrogens (tertiary/aromatic N) is 3. The molecule has 4 atom stereocenters. The number of β-lactam (4-membered cyclic amide) rings is 1. The molecular weight excluding hydrogens is 734 g/mol. The maximum Gasteiger partial charge on any atom is 1.00 e. The van der Waals surface area contributed by atoms with Gasteiger partial charge in [0.05, 0.1) is 23.7 Å². The first-order valence-electron chi connectivity index (χ1n) is 14.7. The molecule has 7 N–H and O–H groups in total. The Bertz CT molecular complexity index is 1660. The first-order valence-corrected chi connectivity index (χ1v) is 15.7. The number of hydrogen-bond acceptors (Lipinski definition) is 15. The minimum atomic E-state index is -1.73. The van der Waals surface area contributed by atoms with E-state index in [-0.39, 0.29) is 101 Å². The van der Waals surface area contributed by atoms with Crippen molar-refractivity contribution < 1.29 is 122 Å². The Balaban J connectivity index is 0.00000468. The molecule has 24 heteroatoms. The molecule has 21 nitrogen and oxygen atoms in total. The Morgan fingerprint density at radius 3 is 2.23 bits per heavy atom. The number of aliphatic carboxylic acids is 2. The SMILES string of the molecule is CCN1CCN(C(=O)N[C@H](C(=O)N[C@@H]2C(=O)N3C(C(=O)[O-])=C(COC(N)=O)CS[C@@H]23)c2ccc(NC(=O)OC[C@@H](N)C(=O)[O-])cc2)C(=O)C1=O.[Na+].[Na+]. The summed E-state index contributed by atoms with van der Waals surface area (Å²) in [6, 6.07) is -0.415. The van der Waals surface area contributed by atoms with Crippen molar-refractivity contribution in [2.24, 2.45) is 11.5 Å². The molecule has 52 heavy (non-hydrogen) atoms. The van der Waals surface area contributed by atoms with E-state index in [0.717, 1.165) is 16.7 Å². The van der Waals surface area contributed by atoms with Gasteiger partial charge in [-0.2, -0.15) is 0 Å². The number of imide groups is 1. The van der Waals surface area contributed by atoms with Crippen molar-refractivity contribution in [3.63, 3.8) is 0 Å². The molecule has 1 aromatic carbocycles. The molecule has 3 aliphatic heterocycles. The Hall–Kier alpha value is -3.90. The van der Waals surface area contributed by atoms with Gasteiger partial charge in [0.25, 0.3) is 5.91 Å². The predicted molar refractivity (Wildman–Crippen MR) is 162 cm³/mol. The summed E-state index contributed by atoms with van der Waals surface area (Å²) in [4.78, 5) is 114. The summed E-state index contributed by atoms with van der Waals surface area (Å²) >= 11 is 1.04. The number of urea groups is 1. The van der Waals surface area contributed by atoms with Crippen molar-refractivity contribution in [3.05, 3.63) is 41.1 Å². The van der Waals surface area contributed by atoms with Crippen LogP contribution in [0.5, 0.6) is 0 Å². The average Bonchev–Trinajstić information content (AvgIpc) is 3.08. The molecule has 3 aliphatic rings. The normalized spacial score (nSPS) is 19.0. The molecule has 0 aliphatic carbocycles. The molecule has 8 amide bonds. The monoisotopic (exact) mass is 764 g/mol. The van der Waals surface area contributed by atoms with E-state index >= 15 is 0 Å². The fourth-order valence-corrected chi connectivity index (χ4v) is 6.32. The van der Waals surface area contributed by atoms with E-state index in [1.807, 2.05) is 0 Å². The third kappa shape index (κ3) is 10.2. The molecule has 0 spiro atoms. The quantitative estimate of drug-likeness (QED) is 0.0750. The Labute approximate surface area is 343 Å². The number of benzene rings is 1. The van der Waals surface area contributed by atoms with Gasteiger partial charge in [0.2, 0.25) is 5.91 Å². The number of piperazine rings is 1. The van der Waals surface area contributed by atoms with Gasteiger partial charge >= 0.3 is 89.1 Å². The number of likely N-dealkylation sites (N-methyl/N-ethyl adjacent to an activating group) is 1. The van der Waals surface area contributed by atoms with Gasteiger partial charge in [0.15, 0.2) is 0 Å². The van der Waals surface area contributed by atoms with Crippen LogP contribution in [0.4, 0.5) is 20.1 Å². The van der Waals surface area contributed by atoms with Crippen molar-refractivity contribution in [3.8, 4) is 0 Å². The van der Waals surface area contributed by atoms with E-state index < -0.39 is 96.2 Å². The molecule has 4 rings (SSSR count). The van der Waals surface area contributed by atoms with Crippen molar-refractivity contribution in [2.45, 2.75) is 30.4 Å². The summed E-state index contributed by atoms with van der Waals surface area (Å²) in [7, 11) is 0.